The average molecular weight is 266 g/mol. The second-order valence-electron chi connectivity index (χ2n) is 4.56. The summed E-state index contributed by atoms with van der Waals surface area (Å²) in [5.41, 5.74) is 2.96. The highest BCUT2D eigenvalue weighted by Crippen LogP contribution is 2.18. The lowest BCUT2D eigenvalue weighted by molar-refractivity contribution is 0.102. The quantitative estimate of drug-likeness (QED) is 0.682. The topological polar surface area (TPSA) is 65.1 Å². The number of H-pyrrole nitrogens is 1. The van der Waals surface area contributed by atoms with Crippen molar-refractivity contribution in [3.8, 4) is 0 Å². The highest BCUT2D eigenvalue weighted by molar-refractivity contribution is 6.11. The molecule has 20 heavy (non-hydrogen) atoms. The minimum Gasteiger partial charge on any atom is -0.392 e. The molecule has 0 aliphatic heterocycles. The number of fused-ring (bicyclic) bond motifs is 1. The second kappa shape index (κ2) is 5.19. The van der Waals surface area contributed by atoms with Gasteiger partial charge in [0.1, 0.15) is 0 Å². The van der Waals surface area contributed by atoms with E-state index >= 15 is 0 Å². The summed E-state index contributed by atoms with van der Waals surface area (Å²) in [4.78, 5) is 15.4. The standard InChI is InChI=1S/C16H14N2O2/c19-10-11-4-6-13(7-5-11)18-16(20)14-3-1-2-12-8-9-17-15(12)14/h1-9,17,19H,10H2,(H,18,20). The molecule has 1 amide bonds. The maximum Gasteiger partial charge on any atom is 0.257 e. The van der Waals surface area contributed by atoms with Crippen LogP contribution in [0.25, 0.3) is 10.9 Å². The zero-order valence-corrected chi connectivity index (χ0v) is 10.8. The number of aliphatic hydroxyl groups excluding tert-OH is 1. The number of benzene rings is 2. The van der Waals surface area contributed by atoms with Gasteiger partial charge in [0.05, 0.1) is 17.7 Å². The zero-order valence-electron chi connectivity index (χ0n) is 10.8. The van der Waals surface area contributed by atoms with Crippen molar-refractivity contribution in [2.24, 2.45) is 0 Å². The SMILES string of the molecule is O=C(Nc1ccc(CO)cc1)c1cccc2cc[nH]c12. The molecule has 0 spiro atoms. The molecule has 1 heterocycles. The Bertz CT molecular complexity index is 745. The Morgan fingerprint density at radius 1 is 1.10 bits per heavy atom. The van der Waals surface area contributed by atoms with Gasteiger partial charge in [-0.15, -0.1) is 0 Å². The maximum absolute atomic E-state index is 12.3. The average Bonchev–Trinajstić information content (AvgIpc) is 2.96. The van der Waals surface area contributed by atoms with E-state index in [1.807, 2.05) is 24.4 Å². The molecule has 0 fully saturated rings. The minimum absolute atomic E-state index is 0.00396. The first kappa shape index (κ1) is 12.4. The van der Waals surface area contributed by atoms with E-state index < -0.39 is 0 Å². The Morgan fingerprint density at radius 2 is 1.90 bits per heavy atom. The van der Waals surface area contributed by atoms with Crippen molar-refractivity contribution in [3.05, 3.63) is 65.9 Å². The predicted molar refractivity (Wildman–Crippen MR) is 78.6 cm³/mol. The van der Waals surface area contributed by atoms with E-state index in [2.05, 4.69) is 10.3 Å². The third-order valence-electron chi connectivity index (χ3n) is 3.23. The maximum atomic E-state index is 12.3. The van der Waals surface area contributed by atoms with Crippen LogP contribution in [0.1, 0.15) is 15.9 Å². The Balaban J connectivity index is 1.87. The summed E-state index contributed by atoms with van der Waals surface area (Å²) in [6.07, 6.45) is 1.82. The van der Waals surface area contributed by atoms with Crippen LogP contribution >= 0.6 is 0 Å². The first-order valence-electron chi connectivity index (χ1n) is 6.35. The summed E-state index contributed by atoms with van der Waals surface area (Å²) in [6, 6.07) is 14.7. The van der Waals surface area contributed by atoms with E-state index in [0.29, 0.717) is 11.3 Å². The highest BCUT2D eigenvalue weighted by Gasteiger charge is 2.10. The molecule has 0 aliphatic carbocycles. The number of aromatic amines is 1. The summed E-state index contributed by atoms with van der Waals surface area (Å²) in [5.74, 6) is -0.158. The molecule has 0 bridgehead atoms. The fourth-order valence-electron chi connectivity index (χ4n) is 2.17. The van der Waals surface area contributed by atoms with Crippen LogP contribution in [-0.4, -0.2) is 16.0 Å². The molecule has 0 aliphatic rings. The van der Waals surface area contributed by atoms with Gasteiger partial charge >= 0.3 is 0 Å². The fraction of sp³-hybridized carbons (Fsp3) is 0.0625. The van der Waals surface area contributed by atoms with E-state index in [9.17, 15) is 4.79 Å². The van der Waals surface area contributed by atoms with Crippen LogP contribution in [-0.2, 0) is 6.61 Å². The van der Waals surface area contributed by atoms with E-state index in [4.69, 9.17) is 5.11 Å². The van der Waals surface area contributed by atoms with Crippen LogP contribution in [0.4, 0.5) is 5.69 Å². The third kappa shape index (κ3) is 2.29. The summed E-state index contributed by atoms with van der Waals surface area (Å²) in [5, 5.41) is 12.9. The number of hydrogen-bond acceptors (Lipinski definition) is 2. The molecule has 0 saturated heterocycles. The number of hydrogen-bond donors (Lipinski definition) is 3. The Hall–Kier alpha value is -2.59. The number of anilines is 1. The molecule has 0 unspecified atom stereocenters. The molecule has 100 valence electrons. The first-order chi connectivity index (χ1) is 9.78. The van der Waals surface area contributed by atoms with Crippen LogP contribution in [0.15, 0.2) is 54.7 Å². The number of para-hydroxylation sites is 1. The molecule has 0 saturated carbocycles. The largest absolute Gasteiger partial charge is 0.392 e. The molecular formula is C16H14N2O2. The summed E-state index contributed by atoms with van der Waals surface area (Å²) < 4.78 is 0. The van der Waals surface area contributed by atoms with Gasteiger partial charge in [0.2, 0.25) is 0 Å². The van der Waals surface area contributed by atoms with Crippen LogP contribution in [0, 0.1) is 0 Å². The van der Waals surface area contributed by atoms with Crippen molar-refractivity contribution in [2.75, 3.05) is 5.32 Å². The van der Waals surface area contributed by atoms with Gasteiger partial charge in [-0.05, 0) is 29.8 Å². The molecule has 3 aromatic rings. The van der Waals surface area contributed by atoms with Crippen molar-refractivity contribution in [1.82, 2.24) is 4.98 Å². The van der Waals surface area contributed by atoms with Gasteiger partial charge in [0.15, 0.2) is 0 Å². The predicted octanol–water partition coefficient (Wildman–Crippen LogP) is 2.91. The van der Waals surface area contributed by atoms with Gasteiger partial charge in [0.25, 0.3) is 5.91 Å². The van der Waals surface area contributed by atoms with Crippen molar-refractivity contribution < 1.29 is 9.90 Å². The number of carbonyl (C=O) groups is 1. The molecule has 3 rings (SSSR count). The number of rotatable bonds is 3. The molecule has 4 heteroatoms. The first-order valence-corrected chi connectivity index (χ1v) is 6.35. The third-order valence-corrected chi connectivity index (χ3v) is 3.23. The van der Waals surface area contributed by atoms with Gasteiger partial charge in [-0.1, -0.05) is 24.3 Å². The van der Waals surface area contributed by atoms with E-state index in [-0.39, 0.29) is 12.5 Å². The van der Waals surface area contributed by atoms with E-state index in [1.54, 1.807) is 30.3 Å². The van der Waals surface area contributed by atoms with Crippen LogP contribution < -0.4 is 5.32 Å². The molecule has 0 atom stereocenters. The summed E-state index contributed by atoms with van der Waals surface area (Å²) in [6.45, 7) is -0.00396. The lowest BCUT2D eigenvalue weighted by atomic mass is 10.1. The molecule has 0 radical (unpaired) electrons. The van der Waals surface area contributed by atoms with Gasteiger partial charge in [-0.25, -0.2) is 0 Å². The Morgan fingerprint density at radius 3 is 2.65 bits per heavy atom. The summed E-state index contributed by atoms with van der Waals surface area (Å²) >= 11 is 0. The monoisotopic (exact) mass is 266 g/mol. The van der Waals surface area contributed by atoms with Crippen molar-refractivity contribution in [2.45, 2.75) is 6.61 Å². The Kier molecular flexibility index (Phi) is 3.23. The van der Waals surface area contributed by atoms with Crippen LogP contribution in [0.3, 0.4) is 0 Å². The Labute approximate surface area is 116 Å². The number of aromatic nitrogens is 1. The van der Waals surface area contributed by atoms with E-state index in [0.717, 1.165) is 16.5 Å². The highest BCUT2D eigenvalue weighted by atomic mass is 16.3. The zero-order chi connectivity index (χ0) is 13.9. The molecule has 3 N–H and O–H groups in total. The lowest BCUT2D eigenvalue weighted by Gasteiger charge is -2.07. The molecular weight excluding hydrogens is 252 g/mol. The molecule has 4 nitrogen and oxygen atoms in total. The van der Waals surface area contributed by atoms with Crippen LogP contribution in [0.5, 0.6) is 0 Å². The van der Waals surface area contributed by atoms with Crippen molar-refractivity contribution >= 4 is 22.5 Å². The second-order valence-corrected chi connectivity index (χ2v) is 4.56. The van der Waals surface area contributed by atoms with E-state index in [1.165, 1.54) is 0 Å². The smallest absolute Gasteiger partial charge is 0.257 e. The van der Waals surface area contributed by atoms with Crippen molar-refractivity contribution in [3.63, 3.8) is 0 Å². The van der Waals surface area contributed by atoms with Crippen molar-refractivity contribution in [1.29, 1.82) is 0 Å². The normalized spacial score (nSPS) is 10.7. The lowest BCUT2D eigenvalue weighted by Crippen LogP contribution is -2.12. The number of nitrogens with one attached hydrogen (secondary N) is 2. The van der Waals surface area contributed by atoms with Gasteiger partial charge < -0.3 is 15.4 Å². The van der Waals surface area contributed by atoms with Gasteiger partial charge in [0, 0.05) is 17.3 Å². The minimum atomic E-state index is -0.158. The van der Waals surface area contributed by atoms with Gasteiger partial charge in [-0.3, -0.25) is 4.79 Å². The van der Waals surface area contributed by atoms with Crippen LogP contribution in [0.2, 0.25) is 0 Å². The number of carbonyl (C=O) groups excluding carboxylic acids is 1. The number of aliphatic hydroxyl groups is 1. The molecule has 1 aromatic heterocycles. The van der Waals surface area contributed by atoms with Gasteiger partial charge in [-0.2, -0.15) is 0 Å². The number of amides is 1. The summed E-state index contributed by atoms with van der Waals surface area (Å²) in [7, 11) is 0. The molecule has 2 aromatic carbocycles. The fourth-order valence-corrected chi connectivity index (χ4v) is 2.17.